The Balaban J connectivity index is 2.99. The molecule has 5 heteroatoms. The Morgan fingerprint density at radius 1 is 1.73 bits per heavy atom. The first-order valence-corrected chi connectivity index (χ1v) is 5.08. The number of aromatic carboxylic acids is 1. The van der Waals surface area contributed by atoms with Crippen molar-refractivity contribution in [1.29, 1.82) is 0 Å². The van der Waals surface area contributed by atoms with Gasteiger partial charge in [0.1, 0.15) is 5.82 Å². The summed E-state index contributed by atoms with van der Waals surface area (Å²) in [6.07, 6.45) is 2.34. The number of carbonyl (C=O) groups is 1. The molecule has 1 aromatic rings. The van der Waals surface area contributed by atoms with Crippen LogP contribution in [0.25, 0.3) is 0 Å². The van der Waals surface area contributed by atoms with Crippen molar-refractivity contribution in [3.63, 3.8) is 0 Å². The molecule has 4 nitrogen and oxygen atoms in total. The van der Waals surface area contributed by atoms with Crippen molar-refractivity contribution in [1.82, 2.24) is 4.98 Å². The molecule has 82 valence electrons. The highest BCUT2D eigenvalue weighted by atomic mass is 35.5. The molecule has 1 aromatic heterocycles. The van der Waals surface area contributed by atoms with E-state index in [0.29, 0.717) is 5.82 Å². The minimum Gasteiger partial charge on any atom is -0.478 e. The third-order valence-electron chi connectivity index (χ3n) is 2.12. The van der Waals surface area contributed by atoms with Crippen LogP contribution in [0.15, 0.2) is 12.3 Å². The van der Waals surface area contributed by atoms with Crippen LogP contribution < -0.4 is 5.32 Å². The van der Waals surface area contributed by atoms with Gasteiger partial charge in [-0.3, -0.25) is 0 Å². The predicted octanol–water partition coefficient (Wildman–Crippen LogP) is 2.64. The first-order chi connectivity index (χ1) is 7.06. The molecule has 0 spiro atoms. The lowest BCUT2D eigenvalue weighted by Gasteiger charge is -2.13. The number of halogens is 1. The molecule has 0 aliphatic carbocycles. The number of nitrogens with one attached hydrogen (secondary N) is 1. The first kappa shape index (κ1) is 11.8. The summed E-state index contributed by atoms with van der Waals surface area (Å²) in [7, 11) is 0. The maximum atomic E-state index is 10.8. The molecular formula is C10H13ClN2O2. The van der Waals surface area contributed by atoms with Gasteiger partial charge in [-0.05, 0) is 19.4 Å². The molecule has 0 aromatic carbocycles. The van der Waals surface area contributed by atoms with Crippen molar-refractivity contribution in [3.8, 4) is 0 Å². The Kier molecular flexibility index (Phi) is 3.91. The largest absolute Gasteiger partial charge is 0.478 e. The molecule has 0 bridgehead atoms. The van der Waals surface area contributed by atoms with E-state index in [4.69, 9.17) is 16.7 Å². The molecule has 2 N–H and O–H groups in total. The summed E-state index contributed by atoms with van der Waals surface area (Å²) in [6, 6.07) is 1.59. The normalized spacial score (nSPS) is 12.2. The Labute approximate surface area is 93.3 Å². The van der Waals surface area contributed by atoms with Gasteiger partial charge in [0.15, 0.2) is 0 Å². The standard InChI is InChI=1S/C10H13ClN2O2/c1-3-6(2)13-9-8(11)7(10(14)15)4-5-12-9/h4-6H,3H2,1-2H3,(H,12,13)(H,14,15). The van der Waals surface area contributed by atoms with Gasteiger partial charge in [0.2, 0.25) is 0 Å². The number of hydrogen-bond donors (Lipinski definition) is 2. The lowest BCUT2D eigenvalue weighted by molar-refractivity contribution is 0.0697. The van der Waals surface area contributed by atoms with Crippen LogP contribution in [0.1, 0.15) is 30.6 Å². The van der Waals surface area contributed by atoms with E-state index < -0.39 is 5.97 Å². The number of pyridine rings is 1. The molecule has 1 heterocycles. The van der Waals surface area contributed by atoms with Crippen LogP contribution in [0.4, 0.5) is 5.82 Å². The van der Waals surface area contributed by atoms with Gasteiger partial charge in [0.05, 0.1) is 10.6 Å². The number of carboxylic acid groups (broad SMARTS) is 1. The zero-order valence-corrected chi connectivity index (χ0v) is 9.38. The molecule has 1 rings (SSSR count). The van der Waals surface area contributed by atoms with Crippen LogP contribution in [0, 0.1) is 0 Å². The van der Waals surface area contributed by atoms with Crippen LogP contribution in [0.5, 0.6) is 0 Å². The van der Waals surface area contributed by atoms with Crippen molar-refractivity contribution in [3.05, 3.63) is 22.8 Å². The van der Waals surface area contributed by atoms with Gasteiger partial charge in [0, 0.05) is 12.2 Å². The fourth-order valence-electron chi connectivity index (χ4n) is 1.04. The van der Waals surface area contributed by atoms with E-state index in [-0.39, 0.29) is 16.6 Å². The van der Waals surface area contributed by atoms with E-state index in [1.165, 1.54) is 12.3 Å². The van der Waals surface area contributed by atoms with Gasteiger partial charge in [0.25, 0.3) is 0 Å². The van der Waals surface area contributed by atoms with Gasteiger partial charge in [-0.1, -0.05) is 18.5 Å². The minimum absolute atomic E-state index is 0.0671. The van der Waals surface area contributed by atoms with Crippen LogP contribution >= 0.6 is 11.6 Å². The summed E-state index contributed by atoms with van der Waals surface area (Å²) in [5, 5.41) is 12.0. The quantitative estimate of drug-likeness (QED) is 0.832. The van der Waals surface area contributed by atoms with Crippen LogP contribution in [0.3, 0.4) is 0 Å². The lowest BCUT2D eigenvalue weighted by atomic mass is 10.2. The molecule has 0 radical (unpaired) electrons. The van der Waals surface area contributed by atoms with Gasteiger partial charge in [-0.25, -0.2) is 9.78 Å². The van der Waals surface area contributed by atoms with Crippen LogP contribution in [-0.2, 0) is 0 Å². The number of rotatable bonds is 4. The fraction of sp³-hybridized carbons (Fsp3) is 0.400. The molecule has 0 aliphatic heterocycles. The molecular weight excluding hydrogens is 216 g/mol. The molecule has 0 aliphatic rings. The van der Waals surface area contributed by atoms with E-state index in [0.717, 1.165) is 6.42 Å². The van der Waals surface area contributed by atoms with E-state index in [1.54, 1.807) is 0 Å². The molecule has 0 amide bonds. The SMILES string of the molecule is CCC(C)Nc1nccc(C(=O)O)c1Cl. The summed E-state index contributed by atoms with van der Waals surface area (Å²) < 4.78 is 0. The maximum Gasteiger partial charge on any atom is 0.337 e. The van der Waals surface area contributed by atoms with Gasteiger partial charge < -0.3 is 10.4 Å². The third-order valence-corrected chi connectivity index (χ3v) is 2.50. The monoisotopic (exact) mass is 228 g/mol. The van der Waals surface area contributed by atoms with E-state index >= 15 is 0 Å². The van der Waals surface area contributed by atoms with Crippen molar-refractivity contribution >= 4 is 23.4 Å². The third kappa shape index (κ3) is 2.83. The second-order valence-corrected chi connectivity index (χ2v) is 3.66. The predicted molar refractivity (Wildman–Crippen MR) is 59.6 cm³/mol. The molecule has 0 fully saturated rings. The van der Waals surface area contributed by atoms with Gasteiger partial charge in [-0.15, -0.1) is 0 Å². The number of carboxylic acids is 1. The van der Waals surface area contributed by atoms with Crippen molar-refractivity contribution in [2.24, 2.45) is 0 Å². The number of aromatic nitrogens is 1. The lowest BCUT2D eigenvalue weighted by Crippen LogP contribution is -2.15. The van der Waals surface area contributed by atoms with Crippen LogP contribution in [-0.4, -0.2) is 22.1 Å². The highest BCUT2D eigenvalue weighted by molar-refractivity contribution is 6.35. The molecule has 15 heavy (non-hydrogen) atoms. The number of nitrogens with zero attached hydrogens (tertiary/aromatic N) is 1. The number of hydrogen-bond acceptors (Lipinski definition) is 3. The van der Waals surface area contributed by atoms with E-state index in [1.807, 2.05) is 13.8 Å². The maximum absolute atomic E-state index is 10.8. The Hall–Kier alpha value is -1.29. The Morgan fingerprint density at radius 3 is 2.93 bits per heavy atom. The fourth-order valence-corrected chi connectivity index (χ4v) is 1.29. The summed E-state index contributed by atoms with van der Waals surface area (Å²) in [6.45, 7) is 4.00. The minimum atomic E-state index is -1.05. The number of anilines is 1. The molecule has 1 atom stereocenters. The zero-order chi connectivity index (χ0) is 11.4. The highest BCUT2D eigenvalue weighted by Crippen LogP contribution is 2.24. The second-order valence-electron chi connectivity index (χ2n) is 3.28. The Morgan fingerprint density at radius 2 is 2.40 bits per heavy atom. The van der Waals surface area contributed by atoms with Crippen molar-refractivity contribution < 1.29 is 9.90 Å². The summed E-state index contributed by atoms with van der Waals surface area (Å²) in [5.41, 5.74) is 0.0671. The molecule has 0 saturated carbocycles. The van der Waals surface area contributed by atoms with Crippen molar-refractivity contribution in [2.75, 3.05) is 5.32 Å². The van der Waals surface area contributed by atoms with Gasteiger partial charge in [-0.2, -0.15) is 0 Å². The van der Waals surface area contributed by atoms with E-state index in [9.17, 15) is 4.79 Å². The first-order valence-electron chi connectivity index (χ1n) is 4.70. The molecule has 1 unspecified atom stereocenters. The topological polar surface area (TPSA) is 62.2 Å². The average molecular weight is 229 g/mol. The van der Waals surface area contributed by atoms with Crippen molar-refractivity contribution in [2.45, 2.75) is 26.3 Å². The van der Waals surface area contributed by atoms with E-state index in [2.05, 4.69) is 10.3 Å². The van der Waals surface area contributed by atoms with Crippen LogP contribution in [0.2, 0.25) is 5.02 Å². The smallest absolute Gasteiger partial charge is 0.337 e. The zero-order valence-electron chi connectivity index (χ0n) is 8.62. The summed E-state index contributed by atoms with van der Waals surface area (Å²) in [5.74, 6) is -0.625. The summed E-state index contributed by atoms with van der Waals surface area (Å²) in [4.78, 5) is 14.8. The average Bonchev–Trinajstić information content (AvgIpc) is 2.20. The summed E-state index contributed by atoms with van der Waals surface area (Å²) >= 11 is 5.90. The highest BCUT2D eigenvalue weighted by Gasteiger charge is 2.13. The van der Waals surface area contributed by atoms with Gasteiger partial charge >= 0.3 is 5.97 Å². The second kappa shape index (κ2) is 4.98. The Bertz CT molecular complexity index is 368. The molecule has 0 saturated heterocycles.